The van der Waals surface area contributed by atoms with Crippen LogP contribution < -0.4 is 0 Å². The van der Waals surface area contributed by atoms with Crippen LogP contribution in [0.5, 0.6) is 0 Å². The summed E-state index contributed by atoms with van der Waals surface area (Å²) in [4.78, 5) is 0. The highest BCUT2D eigenvalue weighted by atomic mass is 19.2. The van der Waals surface area contributed by atoms with Gasteiger partial charge in [-0.25, -0.2) is 13.2 Å². The lowest BCUT2D eigenvalue weighted by molar-refractivity contribution is -0.0335. The van der Waals surface area contributed by atoms with Crippen LogP contribution in [0, 0.1) is 0 Å². The average molecular weight is 156 g/mol. The van der Waals surface area contributed by atoms with Crippen LogP contribution >= 0.6 is 0 Å². The van der Waals surface area contributed by atoms with Crippen LogP contribution in [0.1, 0.15) is 13.3 Å². The summed E-state index contributed by atoms with van der Waals surface area (Å²) < 4.78 is 39.9. The van der Waals surface area contributed by atoms with Gasteiger partial charge in [0, 0.05) is 0 Å². The van der Waals surface area contributed by atoms with Gasteiger partial charge >= 0.3 is 0 Å². The van der Waals surface area contributed by atoms with Gasteiger partial charge < -0.3 is 4.74 Å². The summed E-state index contributed by atoms with van der Waals surface area (Å²) in [6.07, 6.45) is 0.00347. The van der Waals surface area contributed by atoms with Crippen LogP contribution in [0.2, 0.25) is 0 Å². The molecule has 0 radical (unpaired) electrons. The normalized spacial score (nSPS) is 16.8. The van der Waals surface area contributed by atoms with Crippen LogP contribution in [0.15, 0.2) is 0 Å². The third kappa shape index (κ3) is 3.06. The van der Waals surface area contributed by atoms with Crippen molar-refractivity contribution in [2.45, 2.75) is 19.0 Å². The standard InChI is InChI=1S/C6H11F3O/c1-2-6(9,3-7)4-10-5-8/h2-5H2,1H3. The average Bonchev–Trinajstić information content (AvgIpc) is 2.00. The first-order valence-corrected chi connectivity index (χ1v) is 3.07. The number of ether oxygens (including phenoxy) is 1. The van der Waals surface area contributed by atoms with Gasteiger partial charge in [0.2, 0.25) is 0 Å². The lowest BCUT2D eigenvalue weighted by Crippen LogP contribution is -2.30. The summed E-state index contributed by atoms with van der Waals surface area (Å²) in [6, 6.07) is 0. The van der Waals surface area contributed by atoms with E-state index in [-0.39, 0.29) is 6.42 Å². The van der Waals surface area contributed by atoms with Crippen molar-refractivity contribution in [3.63, 3.8) is 0 Å². The summed E-state index contributed by atoms with van der Waals surface area (Å²) in [6.45, 7) is -1.20. The van der Waals surface area contributed by atoms with E-state index >= 15 is 0 Å². The van der Waals surface area contributed by atoms with Crippen molar-refractivity contribution in [3.8, 4) is 0 Å². The van der Waals surface area contributed by atoms with E-state index in [1.807, 2.05) is 0 Å². The number of halogens is 3. The monoisotopic (exact) mass is 156 g/mol. The van der Waals surface area contributed by atoms with Crippen molar-refractivity contribution in [2.24, 2.45) is 0 Å². The summed E-state index contributed by atoms with van der Waals surface area (Å²) in [5, 5.41) is 0. The predicted octanol–water partition coefficient (Wildman–Crippen LogP) is 2.02. The largest absolute Gasteiger partial charge is 0.347 e. The second kappa shape index (κ2) is 4.55. The second-order valence-electron chi connectivity index (χ2n) is 2.10. The maximum Gasteiger partial charge on any atom is 0.188 e. The zero-order valence-electron chi connectivity index (χ0n) is 5.87. The van der Waals surface area contributed by atoms with Crippen molar-refractivity contribution >= 4 is 0 Å². The Morgan fingerprint density at radius 3 is 2.30 bits per heavy atom. The minimum atomic E-state index is -1.99. The first-order valence-electron chi connectivity index (χ1n) is 3.07. The van der Waals surface area contributed by atoms with E-state index in [0.717, 1.165) is 0 Å². The molecule has 0 aliphatic carbocycles. The lowest BCUT2D eigenvalue weighted by atomic mass is 10.1. The van der Waals surface area contributed by atoms with Crippen molar-refractivity contribution < 1.29 is 17.9 Å². The van der Waals surface area contributed by atoms with Gasteiger partial charge in [-0.1, -0.05) is 6.92 Å². The molecule has 0 aromatic heterocycles. The Bertz CT molecular complexity index is 83.1. The Balaban J connectivity index is 3.58. The number of hydrogen-bond donors (Lipinski definition) is 0. The molecular weight excluding hydrogens is 145 g/mol. The number of alkyl halides is 3. The smallest absolute Gasteiger partial charge is 0.188 e. The molecule has 0 bridgehead atoms. The van der Waals surface area contributed by atoms with Gasteiger partial charge in [0.25, 0.3) is 0 Å². The van der Waals surface area contributed by atoms with Crippen molar-refractivity contribution in [1.29, 1.82) is 0 Å². The molecule has 0 aliphatic heterocycles. The summed E-state index contributed by atoms with van der Waals surface area (Å²) in [5.41, 5.74) is -1.99. The van der Waals surface area contributed by atoms with Crippen molar-refractivity contribution in [3.05, 3.63) is 0 Å². The van der Waals surface area contributed by atoms with Gasteiger partial charge in [0.05, 0.1) is 6.61 Å². The van der Waals surface area contributed by atoms with Crippen LogP contribution in [-0.2, 0) is 4.74 Å². The van der Waals surface area contributed by atoms with Crippen LogP contribution in [-0.4, -0.2) is 25.8 Å². The Kier molecular flexibility index (Phi) is 4.43. The molecule has 0 aliphatic rings. The zero-order chi connectivity index (χ0) is 8.04. The molecule has 10 heavy (non-hydrogen) atoms. The van der Waals surface area contributed by atoms with Gasteiger partial charge in [0.15, 0.2) is 12.5 Å². The Hall–Kier alpha value is -0.250. The highest BCUT2D eigenvalue weighted by Crippen LogP contribution is 2.16. The molecule has 0 saturated heterocycles. The topological polar surface area (TPSA) is 9.23 Å². The third-order valence-corrected chi connectivity index (χ3v) is 1.31. The van der Waals surface area contributed by atoms with E-state index < -0.39 is 25.8 Å². The molecule has 0 N–H and O–H groups in total. The molecule has 1 nitrogen and oxygen atoms in total. The minimum Gasteiger partial charge on any atom is -0.347 e. The lowest BCUT2D eigenvalue weighted by Gasteiger charge is -2.18. The number of rotatable bonds is 5. The first kappa shape index (κ1) is 9.75. The zero-order valence-corrected chi connectivity index (χ0v) is 5.87. The molecule has 0 aromatic rings. The molecule has 1 unspecified atom stereocenters. The quantitative estimate of drug-likeness (QED) is 0.591. The van der Waals surface area contributed by atoms with Gasteiger partial charge in [-0.15, -0.1) is 0 Å². The van der Waals surface area contributed by atoms with E-state index in [9.17, 15) is 13.2 Å². The Morgan fingerprint density at radius 2 is 2.00 bits per heavy atom. The van der Waals surface area contributed by atoms with E-state index in [1.165, 1.54) is 6.92 Å². The van der Waals surface area contributed by atoms with E-state index in [4.69, 9.17) is 0 Å². The molecule has 62 valence electrons. The van der Waals surface area contributed by atoms with Gasteiger partial charge in [-0.05, 0) is 6.42 Å². The summed E-state index contributed by atoms with van der Waals surface area (Å²) in [5.74, 6) is 0. The molecule has 0 saturated carbocycles. The fourth-order valence-corrected chi connectivity index (χ4v) is 0.457. The van der Waals surface area contributed by atoms with E-state index in [0.29, 0.717) is 0 Å². The summed E-state index contributed by atoms with van der Waals surface area (Å²) in [7, 11) is 0. The SMILES string of the molecule is CCC(F)(CF)COCF. The molecule has 0 aromatic carbocycles. The molecule has 0 rings (SSSR count). The fraction of sp³-hybridized carbons (Fsp3) is 1.00. The number of hydrogen-bond acceptors (Lipinski definition) is 1. The Morgan fingerprint density at radius 1 is 1.40 bits per heavy atom. The van der Waals surface area contributed by atoms with Crippen LogP contribution in [0.4, 0.5) is 13.2 Å². The highest BCUT2D eigenvalue weighted by molar-refractivity contribution is 4.75. The van der Waals surface area contributed by atoms with Gasteiger partial charge in [-0.2, -0.15) is 0 Å². The fourth-order valence-electron chi connectivity index (χ4n) is 0.457. The van der Waals surface area contributed by atoms with Gasteiger partial charge in [-0.3, -0.25) is 0 Å². The van der Waals surface area contributed by atoms with Crippen molar-refractivity contribution in [2.75, 3.05) is 20.1 Å². The molecule has 0 heterocycles. The molecule has 0 amide bonds. The molecular formula is C6H11F3O. The van der Waals surface area contributed by atoms with Crippen molar-refractivity contribution in [1.82, 2.24) is 0 Å². The Labute approximate surface area is 58.2 Å². The van der Waals surface area contributed by atoms with E-state index in [2.05, 4.69) is 4.74 Å². The minimum absolute atomic E-state index is 0.00347. The highest BCUT2D eigenvalue weighted by Gasteiger charge is 2.27. The van der Waals surface area contributed by atoms with Crippen LogP contribution in [0.25, 0.3) is 0 Å². The summed E-state index contributed by atoms with van der Waals surface area (Å²) >= 11 is 0. The first-order chi connectivity index (χ1) is 4.68. The molecule has 1 atom stereocenters. The van der Waals surface area contributed by atoms with Crippen LogP contribution in [0.3, 0.4) is 0 Å². The molecule has 0 spiro atoms. The molecule has 4 heteroatoms. The maximum absolute atomic E-state index is 12.8. The maximum atomic E-state index is 12.8. The molecule has 0 fully saturated rings. The second-order valence-corrected chi connectivity index (χ2v) is 2.10. The van der Waals surface area contributed by atoms with Gasteiger partial charge in [0.1, 0.15) is 6.67 Å². The third-order valence-electron chi connectivity index (χ3n) is 1.31. The van der Waals surface area contributed by atoms with E-state index in [1.54, 1.807) is 0 Å². The predicted molar refractivity (Wildman–Crippen MR) is 32.0 cm³/mol.